The first kappa shape index (κ1) is 11.6. The molecule has 0 amide bonds. The van der Waals surface area contributed by atoms with Crippen LogP contribution in [0.1, 0.15) is 24.0 Å². The largest absolute Gasteiger partial charge is 0.310 e. The number of aryl methyl sites for hydroxylation is 1. The maximum absolute atomic E-state index is 3.65. The molecule has 16 heavy (non-hydrogen) atoms. The highest BCUT2D eigenvalue weighted by Crippen LogP contribution is 2.09. The summed E-state index contributed by atoms with van der Waals surface area (Å²) < 4.78 is 0. The number of rotatable bonds is 3. The van der Waals surface area contributed by atoms with Gasteiger partial charge >= 0.3 is 0 Å². The molecule has 2 nitrogen and oxygen atoms in total. The van der Waals surface area contributed by atoms with Crippen molar-refractivity contribution in [2.75, 3.05) is 20.1 Å². The minimum atomic E-state index is 0.706. The highest BCUT2D eigenvalue weighted by molar-refractivity contribution is 5.21. The van der Waals surface area contributed by atoms with Gasteiger partial charge < -0.3 is 10.2 Å². The highest BCUT2D eigenvalue weighted by Gasteiger charge is 2.15. The van der Waals surface area contributed by atoms with Crippen molar-refractivity contribution in [3.8, 4) is 0 Å². The van der Waals surface area contributed by atoms with E-state index in [4.69, 9.17) is 0 Å². The smallest absolute Gasteiger partial charge is 0.0208 e. The predicted octanol–water partition coefficient (Wildman–Crippen LogP) is 2.18. The van der Waals surface area contributed by atoms with E-state index in [0.717, 1.165) is 6.54 Å². The van der Waals surface area contributed by atoms with E-state index in [1.165, 1.54) is 37.1 Å². The van der Waals surface area contributed by atoms with Crippen molar-refractivity contribution >= 4 is 0 Å². The maximum Gasteiger partial charge on any atom is 0.0208 e. The monoisotopic (exact) mass is 218 g/mol. The first-order chi connectivity index (χ1) is 7.74. The van der Waals surface area contributed by atoms with E-state index in [9.17, 15) is 0 Å². The molecule has 1 fully saturated rings. The third-order valence-corrected chi connectivity index (χ3v) is 3.43. The van der Waals surface area contributed by atoms with Crippen LogP contribution in [-0.2, 0) is 6.54 Å². The molecule has 1 saturated heterocycles. The number of hydrogen-bond acceptors (Lipinski definition) is 2. The molecule has 2 heteroatoms. The molecule has 1 aromatic carbocycles. The van der Waals surface area contributed by atoms with Gasteiger partial charge in [-0.05, 0) is 45.5 Å². The Morgan fingerprint density at radius 2 is 1.81 bits per heavy atom. The third kappa shape index (κ3) is 3.32. The molecule has 0 bridgehead atoms. The Morgan fingerprint density at radius 1 is 1.19 bits per heavy atom. The van der Waals surface area contributed by atoms with Crippen molar-refractivity contribution in [1.29, 1.82) is 0 Å². The van der Waals surface area contributed by atoms with E-state index in [-0.39, 0.29) is 0 Å². The van der Waals surface area contributed by atoms with Crippen LogP contribution in [0.15, 0.2) is 24.3 Å². The van der Waals surface area contributed by atoms with Gasteiger partial charge in [-0.1, -0.05) is 29.8 Å². The Hall–Kier alpha value is -0.860. The van der Waals surface area contributed by atoms with E-state index >= 15 is 0 Å². The standard InChI is InChI=1S/C14H22N2/c1-12-3-5-13(6-4-12)11-15-14-7-9-16(2)10-8-14/h3-6,14-15H,7-11H2,1-2H3. The number of benzene rings is 1. The van der Waals surface area contributed by atoms with Gasteiger partial charge in [-0.25, -0.2) is 0 Å². The second-order valence-electron chi connectivity index (χ2n) is 4.94. The Balaban J connectivity index is 1.77. The molecule has 0 aliphatic carbocycles. The number of nitrogens with one attached hydrogen (secondary N) is 1. The predicted molar refractivity (Wildman–Crippen MR) is 68.5 cm³/mol. The average molecular weight is 218 g/mol. The SMILES string of the molecule is Cc1ccc(CNC2CCN(C)CC2)cc1. The van der Waals surface area contributed by atoms with Gasteiger partial charge in [0.2, 0.25) is 0 Å². The molecule has 2 rings (SSSR count). The van der Waals surface area contributed by atoms with Crippen LogP contribution in [-0.4, -0.2) is 31.1 Å². The molecular formula is C14H22N2. The van der Waals surface area contributed by atoms with Crippen LogP contribution in [0.3, 0.4) is 0 Å². The van der Waals surface area contributed by atoms with Crippen LogP contribution in [0.5, 0.6) is 0 Å². The first-order valence-corrected chi connectivity index (χ1v) is 6.21. The van der Waals surface area contributed by atoms with Crippen molar-refractivity contribution in [3.63, 3.8) is 0 Å². The summed E-state index contributed by atoms with van der Waals surface area (Å²) in [7, 11) is 2.20. The molecule has 1 N–H and O–H groups in total. The Labute approximate surface area is 98.7 Å². The lowest BCUT2D eigenvalue weighted by Gasteiger charge is -2.29. The van der Waals surface area contributed by atoms with Gasteiger partial charge in [0.25, 0.3) is 0 Å². The quantitative estimate of drug-likeness (QED) is 0.836. The average Bonchev–Trinajstić information content (AvgIpc) is 2.30. The molecule has 0 radical (unpaired) electrons. The normalized spacial score (nSPS) is 18.9. The molecule has 0 saturated carbocycles. The third-order valence-electron chi connectivity index (χ3n) is 3.43. The fraction of sp³-hybridized carbons (Fsp3) is 0.571. The molecule has 88 valence electrons. The van der Waals surface area contributed by atoms with Gasteiger partial charge in [0.1, 0.15) is 0 Å². The maximum atomic E-state index is 3.65. The van der Waals surface area contributed by atoms with Crippen molar-refractivity contribution in [1.82, 2.24) is 10.2 Å². The number of piperidine rings is 1. The lowest BCUT2D eigenvalue weighted by molar-refractivity contribution is 0.234. The van der Waals surface area contributed by atoms with Crippen LogP contribution in [0, 0.1) is 6.92 Å². The van der Waals surface area contributed by atoms with Gasteiger partial charge in [-0.2, -0.15) is 0 Å². The topological polar surface area (TPSA) is 15.3 Å². The second-order valence-corrected chi connectivity index (χ2v) is 4.94. The Bertz CT molecular complexity index is 310. The minimum Gasteiger partial charge on any atom is -0.310 e. The minimum absolute atomic E-state index is 0.706. The molecule has 1 heterocycles. The summed E-state index contributed by atoms with van der Waals surface area (Å²) in [6.07, 6.45) is 2.56. The van der Waals surface area contributed by atoms with Gasteiger partial charge in [-0.3, -0.25) is 0 Å². The summed E-state index contributed by atoms with van der Waals surface area (Å²) >= 11 is 0. The van der Waals surface area contributed by atoms with E-state index in [1.807, 2.05) is 0 Å². The van der Waals surface area contributed by atoms with Gasteiger partial charge in [0.15, 0.2) is 0 Å². The number of hydrogen-bond donors (Lipinski definition) is 1. The van der Waals surface area contributed by atoms with E-state index in [0.29, 0.717) is 6.04 Å². The molecule has 1 aliphatic heterocycles. The zero-order valence-electron chi connectivity index (χ0n) is 10.4. The summed E-state index contributed by atoms with van der Waals surface area (Å²) in [4.78, 5) is 2.41. The van der Waals surface area contributed by atoms with Gasteiger partial charge in [-0.15, -0.1) is 0 Å². The fourth-order valence-corrected chi connectivity index (χ4v) is 2.18. The Morgan fingerprint density at radius 3 is 2.44 bits per heavy atom. The fourth-order valence-electron chi connectivity index (χ4n) is 2.18. The van der Waals surface area contributed by atoms with Crippen LogP contribution in [0.25, 0.3) is 0 Å². The molecule has 0 aromatic heterocycles. The summed E-state index contributed by atoms with van der Waals surface area (Å²) in [5.74, 6) is 0. The van der Waals surface area contributed by atoms with Crippen molar-refractivity contribution in [3.05, 3.63) is 35.4 Å². The van der Waals surface area contributed by atoms with Crippen LogP contribution >= 0.6 is 0 Å². The summed E-state index contributed by atoms with van der Waals surface area (Å²) in [6.45, 7) is 5.60. The molecule has 1 aliphatic rings. The summed E-state index contributed by atoms with van der Waals surface area (Å²) in [5, 5.41) is 3.65. The van der Waals surface area contributed by atoms with Crippen LogP contribution < -0.4 is 5.32 Å². The van der Waals surface area contributed by atoms with Crippen molar-refractivity contribution < 1.29 is 0 Å². The number of likely N-dealkylation sites (tertiary alicyclic amines) is 1. The molecular weight excluding hydrogens is 196 g/mol. The van der Waals surface area contributed by atoms with E-state index in [1.54, 1.807) is 0 Å². The van der Waals surface area contributed by atoms with Crippen molar-refractivity contribution in [2.24, 2.45) is 0 Å². The second kappa shape index (κ2) is 5.46. The molecule has 0 unspecified atom stereocenters. The molecule has 0 spiro atoms. The summed E-state index contributed by atoms with van der Waals surface area (Å²) in [6, 6.07) is 9.52. The Kier molecular flexibility index (Phi) is 3.97. The van der Waals surface area contributed by atoms with Crippen LogP contribution in [0.2, 0.25) is 0 Å². The van der Waals surface area contributed by atoms with E-state index in [2.05, 4.69) is 48.5 Å². The zero-order valence-corrected chi connectivity index (χ0v) is 10.4. The van der Waals surface area contributed by atoms with E-state index < -0.39 is 0 Å². The lowest BCUT2D eigenvalue weighted by Crippen LogP contribution is -2.40. The number of nitrogens with zero attached hydrogens (tertiary/aromatic N) is 1. The zero-order chi connectivity index (χ0) is 11.4. The lowest BCUT2D eigenvalue weighted by atomic mass is 10.0. The summed E-state index contributed by atoms with van der Waals surface area (Å²) in [5.41, 5.74) is 2.73. The van der Waals surface area contributed by atoms with Crippen LogP contribution in [0.4, 0.5) is 0 Å². The van der Waals surface area contributed by atoms with Crippen molar-refractivity contribution in [2.45, 2.75) is 32.4 Å². The molecule has 1 aromatic rings. The highest BCUT2D eigenvalue weighted by atomic mass is 15.1. The van der Waals surface area contributed by atoms with Gasteiger partial charge in [0.05, 0.1) is 0 Å². The first-order valence-electron chi connectivity index (χ1n) is 6.21. The molecule has 0 atom stereocenters. The van der Waals surface area contributed by atoms with Gasteiger partial charge in [0, 0.05) is 12.6 Å².